The van der Waals surface area contributed by atoms with Crippen LogP contribution in [0.3, 0.4) is 0 Å². The van der Waals surface area contributed by atoms with E-state index in [1.165, 1.54) is 5.56 Å². The van der Waals surface area contributed by atoms with Gasteiger partial charge in [0.1, 0.15) is 17.2 Å². The maximum atomic E-state index is 10.2. The van der Waals surface area contributed by atoms with Gasteiger partial charge in [-0.05, 0) is 101 Å². The van der Waals surface area contributed by atoms with Gasteiger partial charge in [-0.25, -0.2) is 0 Å². The molecule has 0 fully saturated rings. The van der Waals surface area contributed by atoms with E-state index in [1.807, 2.05) is 38.1 Å². The lowest BCUT2D eigenvalue weighted by Crippen LogP contribution is -1.93. The highest BCUT2D eigenvalue weighted by Gasteiger charge is 2.26. The van der Waals surface area contributed by atoms with E-state index in [-0.39, 0.29) is 17.2 Å². The molecule has 0 amide bonds. The Morgan fingerprint density at radius 2 is 1.31 bits per heavy atom. The van der Waals surface area contributed by atoms with Crippen LogP contribution in [0.4, 0.5) is 0 Å². The molecule has 0 saturated carbocycles. The van der Waals surface area contributed by atoms with Gasteiger partial charge in [0, 0.05) is 0 Å². The first kappa shape index (κ1) is 16.3. The zero-order valence-electron chi connectivity index (χ0n) is 14.7. The SMILES string of the molecule is Cc1cc(O)ccc1C1=C(c2ccc(O)cc2)Cc2c(C)cc(O)cc21. The zero-order valence-corrected chi connectivity index (χ0v) is 14.7. The molecule has 0 heterocycles. The lowest BCUT2D eigenvalue weighted by atomic mass is 9.91. The van der Waals surface area contributed by atoms with Gasteiger partial charge in [0.25, 0.3) is 0 Å². The van der Waals surface area contributed by atoms with Crippen LogP contribution in [-0.2, 0) is 6.42 Å². The van der Waals surface area contributed by atoms with E-state index in [0.29, 0.717) is 0 Å². The number of hydrogen-bond acceptors (Lipinski definition) is 3. The first-order chi connectivity index (χ1) is 12.4. The molecule has 0 atom stereocenters. The third-order valence-electron chi connectivity index (χ3n) is 5.08. The van der Waals surface area contributed by atoms with Crippen molar-refractivity contribution in [3.05, 3.63) is 88.0 Å². The second kappa shape index (κ2) is 5.95. The highest BCUT2D eigenvalue weighted by molar-refractivity contribution is 6.05. The van der Waals surface area contributed by atoms with Crippen molar-refractivity contribution in [2.45, 2.75) is 20.3 Å². The van der Waals surface area contributed by atoms with Crippen molar-refractivity contribution in [2.24, 2.45) is 0 Å². The Kier molecular flexibility index (Phi) is 3.73. The predicted octanol–water partition coefficient (Wildman–Crippen LogP) is 4.94. The number of aryl methyl sites for hydroxylation is 2. The van der Waals surface area contributed by atoms with Gasteiger partial charge < -0.3 is 15.3 Å². The molecule has 1 aliphatic carbocycles. The minimum Gasteiger partial charge on any atom is -0.508 e. The third-order valence-corrected chi connectivity index (χ3v) is 5.08. The van der Waals surface area contributed by atoms with E-state index in [9.17, 15) is 15.3 Å². The van der Waals surface area contributed by atoms with E-state index < -0.39 is 0 Å². The van der Waals surface area contributed by atoms with Gasteiger partial charge in [0.05, 0.1) is 0 Å². The minimum atomic E-state index is 0.237. The second-order valence-electron chi connectivity index (χ2n) is 6.87. The number of benzene rings is 3. The lowest BCUT2D eigenvalue weighted by molar-refractivity contribution is 0.474. The van der Waals surface area contributed by atoms with E-state index in [1.54, 1.807) is 30.3 Å². The van der Waals surface area contributed by atoms with Crippen LogP contribution in [0.15, 0.2) is 54.6 Å². The molecule has 0 saturated heterocycles. The molecule has 3 aromatic carbocycles. The number of allylic oxidation sites excluding steroid dienone is 1. The van der Waals surface area contributed by atoms with Gasteiger partial charge in [0.15, 0.2) is 0 Å². The molecule has 3 N–H and O–H groups in total. The highest BCUT2D eigenvalue weighted by atomic mass is 16.3. The largest absolute Gasteiger partial charge is 0.508 e. The summed E-state index contributed by atoms with van der Waals surface area (Å²) in [5.74, 6) is 0.728. The van der Waals surface area contributed by atoms with E-state index in [2.05, 4.69) is 0 Å². The molecule has 26 heavy (non-hydrogen) atoms. The van der Waals surface area contributed by atoms with Gasteiger partial charge in [-0.3, -0.25) is 0 Å². The van der Waals surface area contributed by atoms with Crippen LogP contribution >= 0.6 is 0 Å². The van der Waals surface area contributed by atoms with E-state index >= 15 is 0 Å². The average molecular weight is 344 g/mol. The van der Waals surface area contributed by atoms with Crippen molar-refractivity contribution >= 4 is 11.1 Å². The first-order valence-electron chi connectivity index (χ1n) is 8.59. The highest BCUT2D eigenvalue weighted by Crippen LogP contribution is 2.45. The summed E-state index contributed by atoms with van der Waals surface area (Å²) in [6, 6.07) is 16.2. The smallest absolute Gasteiger partial charge is 0.116 e. The zero-order chi connectivity index (χ0) is 18.4. The monoisotopic (exact) mass is 344 g/mol. The van der Waals surface area contributed by atoms with Gasteiger partial charge in [-0.1, -0.05) is 18.2 Å². The molecule has 0 aromatic heterocycles. The Hall–Kier alpha value is -3.20. The third kappa shape index (κ3) is 2.62. The summed E-state index contributed by atoms with van der Waals surface area (Å²) in [5, 5.41) is 29.6. The Balaban J connectivity index is 2.02. The number of hydrogen-bond donors (Lipinski definition) is 3. The molecule has 0 bridgehead atoms. The fraction of sp³-hybridized carbons (Fsp3) is 0.130. The summed E-state index contributed by atoms with van der Waals surface area (Å²) >= 11 is 0. The molecule has 0 spiro atoms. The van der Waals surface area contributed by atoms with Crippen LogP contribution in [0.2, 0.25) is 0 Å². The summed E-state index contributed by atoms with van der Waals surface area (Å²) < 4.78 is 0. The maximum absolute atomic E-state index is 10.2. The summed E-state index contributed by atoms with van der Waals surface area (Å²) in [6.07, 6.45) is 0.766. The minimum absolute atomic E-state index is 0.237. The molecular weight excluding hydrogens is 324 g/mol. The Morgan fingerprint density at radius 3 is 2.00 bits per heavy atom. The fourth-order valence-electron chi connectivity index (χ4n) is 3.83. The quantitative estimate of drug-likeness (QED) is 0.617. The van der Waals surface area contributed by atoms with Crippen molar-refractivity contribution in [1.29, 1.82) is 0 Å². The predicted molar refractivity (Wildman–Crippen MR) is 103 cm³/mol. The van der Waals surface area contributed by atoms with Crippen molar-refractivity contribution in [3.8, 4) is 17.2 Å². The summed E-state index contributed by atoms with van der Waals surface area (Å²) in [6.45, 7) is 3.99. The molecule has 130 valence electrons. The van der Waals surface area contributed by atoms with Crippen LogP contribution < -0.4 is 0 Å². The van der Waals surface area contributed by atoms with Gasteiger partial charge in [-0.15, -0.1) is 0 Å². The Bertz CT molecular complexity index is 1040. The van der Waals surface area contributed by atoms with Crippen LogP contribution in [0.5, 0.6) is 17.2 Å². The number of fused-ring (bicyclic) bond motifs is 1. The van der Waals surface area contributed by atoms with Crippen molar-refractivity contribution in [1.82, 2.24) is 0 Å². The average Bonchev–Trinajstić information content (AvgIpc) is 2.95. The Morgan fingerprint density at radius 1 is 0.654 bits per heavy atom. The molecule has 3 nitrogen and oxygen atoms in total. The van der Waals surface area contributed by atoms with E-state index in [4.69, 9.17) is 0 Å². The number of phenols is 3. The number of aromatic hydroxyl groups is 3. The molecule has 3 aromatic rings. The maximum Gasteiger partial charge on any atom is 0.116 e. The van der Waals surface area contributed by atoms with Crippen LogP contribution in [0.1, 0.15) is 33.4 Å². The lowest BCUT2D eigenvalue weighted by Gasteiger charge is -2.13. The molecule has 4 rings (SSSR count). The second-order valence-corrected chi connectivity index (χ2v) is 6.87. The standard InChI is InChI=1S/C23H20O3/c1-13-9-17(25)7-8-19(13)23-21(15-3-5-16(24)6-4-15)12-20-14(2)10-18(26)11-22(20)23/h3-11,24-26H,12H2,1-2H3. The molecular formula is C23H20O3. The summed E-state index contributed by atoms with van der Waals surface area (Å²) in [5.41, 5.74) is 8.57. The summed E-state index contributed by atoms with van der Waals surface area (Å²) in [7, 11) is 0. The van der Waals surface area contributed by atoms with Crippen LogP contribution in [-0.4, -0.2) is 15.3 Å². The first-order valence-corrected chi connectivity index (χ1v) is 8.59. The molecule has 0 unspecified atom stereocenters. The normalized spacial score (nSPS) is 13.2. The topological polar surface area (TPSA) is 60.7 Å². The molecule has 0 aliphatic heterocycles. The fourth-order valence-corrected chi connectivity index (χ4v) is 3.83. The van der Waals surface area contributed by atoms with Crippen molar-refractivity contribution in [3.63, 3.8) is 0 Å². The van der Waals surface area contributed by atoms with Gasteiger partial charge >= 0.3 is 0 Å². The molecule has 0 radical (unpaired) electrons. The Labute approximate surface area is 152 Å². The molecule has 3 heteroatoms. The van der Waals surface area contributed by atoms with Crippen molar-refractivity contribution in [2.75, 3.05) is 0 Å². The van der Waals surface area contributed by atoms with Crippen molar-refractivity contribution < 1.29 is 15.3 Å². The summed E-state index contributed by atoms with van der Waals surface area (Å²) in [4.78, 5) is 0. The number of rotatable bonds is 2. The van der Waals surface area contributed by atoms with E-state index in [0.717, 1.165) is 45.4 Å². The van der Waals surface area contributed by atoms with Crippen LogP contribution in [0.25, 0.3) is 11.1 Å². The van der Waals surface area contributed by atoms with Crippen LogP contribution in [0, 0.1) is 13.8 Å². The van der Waals surface area contributed by atoms with Gasteiger partial charge in [-0.2, -0.15) is 0 Å². The number of phenolic OH excluding ortho intramolecular Hbond substituents is 3. The van der Waals surface area contributed by atoms with Gasteiger partial charge in [0.2, 0.25) is 0 Å². The molecule has 1 aliphatic rings.